The highest BCUT2D eigenvalue weighted by atomic mass is 79.9. The maximum absolute atomic E-state index is 13.4. The van der Waals surface area contributed by atoms with E-state index in [1.165, 1.54) is 17.8 Å². The first kappa shape index (κ1) is 26.7. The van der Waals surface area contributed by atoms with E-state index in [2.05, 4.69) is 42.0 Å². The molecule has 4 rings (SSSR count). The van der Waals surface area contributed by atoms with Gasteiger partial charge in [0.1, 0.15) is 4.90 Å². The summed E-state index contributed by atoms with van der Waals surface area (Å²) in [5, 5.41) is 15.4. The summed E-state index contributed by atoms with van der Waals surface area (Å²) in [6, 6.07) is 13.2. The molecule has 1 fully saturated rings. The molecule has 2 aromatic carbocycles. The molecule has 1 aliphatic heterocycles. The largest absolute Gasteiger partial charge is 0.335 e. The van der Waals surface area contributed by atoms with Crippen molar-refractivity contribution < 1.29 is 13.2 Å². The molecule has 1 aliphatic rings. The average molecular weight is 630 g/mol. The van der Waals surface area contributed by atoms with Gasteiger partial charge in [0, 0.05) is 26.7 Å². The van der Waals surface area contributed by atoms with E-state index in [0.29, 0.717) is 27.0 Å². The summed E-state index contributed by atoms with van der Waals surface area (Å²) in [5.74, 6) is 0.671. The molecular formula is C22H19BrCl2N6O3S2. The number of rotatable bonds is 8. The van der Waals surface area contributed by atoms with Crippen molar-refractivity contribution in [1.29, 1.82) is 0 Å². The third-order valence-corrected chi connectivity index (χ3v) is 9.25. The third-order valence-electron chi connectivity index (χ3n) is 5.09. The van der Waals surface area contributed by atoms with Crippen LogP contribution in [0.5, 0.6) is 0 Å². The number of thioether (sulfide) groups is 1. The number of hydrogen-bond acceptors (Lipinski definition) is 8. The van der Waals surface area contributed by atoms with Crippen molar-refractivity contribution in [2.45, 2.75) is 16.7 Å². The number of benzene rings is 2. The standard InChI is InChI=1S/C22H19BrCl2N6O3S2/c1-13-10-19(36(33,34)31-9-8-26-22(31)32)18(11-16(13)24)35-12-17(14-2-4-15(23)5-3-14)27-29-21-7-6-20(25)28-30-21/h2-7,10-11H,8-9,12H2,1H3,(H,26,32)(H,29,30)/b27-17-. The Morgan fingerprint density at radius 3 is 2.58 bits per heavy atom. The molecule has 2 amide bonds. The lowest BCUT2D eigenvalue weighted by Crippen LogP contribution is -2.34. The van der Waals surface area contributed by atoms with Gasteiger partial charge in [-0.15, -0.1) is 22.0 Å². The number of urea groups is 1. The number of amides is 2. The van der Waals surface area contributed by atoms with E-state index in [9.17, 15) is 13.2 Å². The number of aromatic nitrogens is 2. The normalized spacial score (nSPS) is 14.2. The predicted molar refractivity (Wildman–Crippen MR) is 146 cm³/mol. The number of anilines is 1. The SMILES string of the molecule is Cc1cc(S(=O)(=O)N2CCNC2=O)c(SC/C(=N/Nc2ccc(Cl)nn2)c2ccc(Br)cc2)cc1Cl. The number of nitrogens with one attached hydrogen (secondary N) is 2. The van der Waals surface area contributed by atoms with E-state index in [4.69, 9.17) is 23.2 Å². The van der Waals surface area contributed by atoms with Gasteiger partial charge in [-0.1, -0.05) is 51.3 Å². The molecule has 36 heavy (non-hydrogen) atoms. The van der Waals surface area contributed by atoms with E-state index in [1.54, 1.807) is 25.1 Å². The Kier molecular flexibility index (Phi) is 8.41. The quantitative estimate of drug-likeness (QED) is 0.200. The van der Waals surface area contributed by atoms with E-state index >= 15 is 0 Å². The van der Waals surface area contributed by atoms with Gasteiger partial charge in [0.2, 0.25) is 0 Å². The Morgan fingerprint density at radius 2 is 1.94 bits per heavy atom. The van der Waals surface area contributed by atoms with Gasteiger partial charge in [-0.05, 0) is 54.4 Å². The molecule has 2 heterocycles. The Labute approximate surface area is 230 Å². The first-order valence-electron chi connectivity index (χ1n) is 10.5. The maximum atomic E-state index is 13.4. The van der Waals surface area contributed by atoms with Crippen molar-refractivity contribution in [3.63, 3.8) is 0 Å². The maximum Gasteiger partial charge on any atom is 0.331 e. The first-order valence-corrected chi connectivity index (χ1v) is 14.4. The van der Waals surface area contributed by atoms with Crippen molar-refractivity contribution in [3.05, 3.63) is 74.3 Å². The van der Waals surface area contributed by atoms with Crippen LogP contribution in [0.25, 0.3) is 0 Å². The fourth-order valence-electron chi connectivity index (χ4n) is 3.22. The smallest absolute Gasteiger partial charge is 0.331 e. The van der Waals surface area contributed by atoms with Crippen molar-refractivity contribution in [2.24, 2.45) is 5.10 Å². The van der Waals surface area contributed by atoms with Crippen molar-refractivity contribution >= 4 is 78.5 Å². The summed E-state index contributed by atoms with van der Waals surface area (Å²) in [5.41, 5.74) is 4.87. The van der Waals surface area contributed by atoms with Crippen LogP contribution in [0.1, 0.15) is 11.1 Å². The minimum atomic E-state index is -4.09. The lowest BCUT2D eigenvalue weighted by molar-refractivity contribution is 0.235. The summed E-state index contributed by atoms with van der Waals surface area (Å²) in [4.78, 5) is 12.5. The van der Waals surface area contributed by atoms with Gasteiger partial charge in [-0.25, -0.2) is 17.5 Å². The fraction of sp³-hybridized carbons (Fsp3) is 0.182. The van der Waals surface area contributed by atoms with Gasteiger partial charge in [0.15, 0.2) is 11.0 Å². The van der Waals surface area contributed by atoms with Crippen LogP contribution in [-0.4, -0.2) is 53.5 Å². The minimum Gasteiger partial charge on any atom is -0.335 e. The molecule has 2 N–H and O–H groups in total. The third kappa shape index (κ3) is 6.12. The Bertz CT molecular complexity index is 1420. The van der Waals surface area contributed by atoms with Crippen LogP contribution in [0.4, 0.5) is 10.6 Å². The second-order valence-electron chi connectivity index (χ2n) is 7.56. The van der Waals surface area contributed by atoms with Gasteiger partial charge < -0.3 is 5.32 Å². The number of halogens is 3. The number of hydrogen-bond donors (Lipinski definition) is 2. The first-order chi connectivity index (χ1) is 17.1. The molecule has 0 saturated carbocycles. The molecule has 1 saturated heterocycles. The highest BCUT2D eigenvalue weighted by Crippen LogP contribution is 2.34. The van der Waals surface area contributed by atoms with Crippen molar-refractivity contribution in [3.8, 4) is 0 Å². The Balaban J connectivity index is 1.67. The highest BCUT2D eigenvalue weighted by Gasteiger charge is 2.35. The van der Waals surface area contributed by atoms with Crippen LogP contribution >= 0.6 is 50.9 Å². The molecule has 0 spiro atoms. The van der Waals surface area contributed by atoms with Gasteiger partial charge in [0.05, 0.1) is 12.3 Å². The zero-order chi connectivity index (χ0) is 25.9. The average Bonchev–Trinajstić information content (AvgIpc) is 3.29. The highest BCUT2D eigenvalue weighted by molar-refractivity contribution is 9.10. The van der Waals surface area contributed by atoms with Crippen molar-refractivity contribution in [2.75, 3.05) is 24.3 Å². The lowest BCUT2D eigenvalue weighted by atomic mass is 10.1. The monoisotopic (exact) mass is 628 g/mol. The summed E-state index contributed by atoms with van der Waals surface area (Å²) in [6.45, 7) is 2.03. The number of hydrazone groups is 1. The summed E-state index contributed by atoms with van der Waals surface area (Å²) < 4.78 is 28.4. The second kappa shape index (κ2) is 11.3. The van der Waals surface area contributed by atoms with Crippen LogP contribution in [0.15, 0.2) is 67.9 Å². The number of carbonyl (C=O) groups is 1. The molecular weight excluding hydrogens is 611 g/mol. The molecule has 14 heteroatoms. The zero-order valence-electron chi connectivity index (χ0n) is 18.7. The van der Waals surface area contributed by atoms with Crippen LogP contribution in [0.3, 0.4) is 0 Å². The van der Waals surface area contributed by atoms with Crippen LogP contribution in [-0.2, 0) is 10.0 Å². The topological polar surface area (TPSA) is 117 Å². The number of carbonyl (C=O) groups excluding carboxylic acids is 1. The van der Waals surface area contributed by atoms with Crippen LogP contribution in [0, 0.1) is 6.92 Å². The molecule has 0 bridgehead atoms. The number of nitrogens with zero attached hydrogens (tertiary/aromatic N) is 4. The van der Waals surface area contributed by atoms with E-state index in [1.807, 2.05) is 24.3 Å². The lowest BCUT2D eigenvalue weighted by Gasteiger charge is -2.18. The summed E-state index contributed by atoms with van der Waals surface area (Å²) >= 11 is 16.8. The molecule has 0 aliphatic carbocycles. The molecule has 188 valence electrons. The molecule has 0 unspecified atom stereocenters. The van der Waals surface area contributed by atoms with Crippen LogP contribution in [0.2, 0.25) is 10.2 Å². The van der Waals surface area contributed by atoms with Gasteiger partial charge in [-0.3, -0.25) is 5.43 Å². The zero-order valence-corrected chi connectivity index (χ0v) is 23.4. The Hall–Kier alpha value is -2.38. The van der Waals surface area contributed by atoms with E-state index in [-0.39, 0.29) is 28.9 Å². The van der Waals surface area contributed by atoms with Gasteiger partial charge in [-0.2, -0.15) is 5.10 Å². The molecule has 1 aromatic heterocycles. The summed E-state index contributed by atoms with van der Waals surface area (Å²) in [6.07, 6.45) is 0. The minimum absolute atomic E-state index is 0.0122. The van der Waals surface area contributed by atoms with Gasteiger partial charge >= 0.3 is 6.03 Å². The molecule has 0 radical (unpaired) electrons. The number of sulfonamides is 1. The van der Waals surface area contributed by atoms with Crippen LogP contribution < -0.4 is 10.7 Å². The van der Waals surface area contributed by atoms with Crippen molar-refractivity contribution in [1.82, 2.24) is 19.8 Å². The summed E-state index contributed by atoms with van der Waals surface area (Å²) in [7, 11) is -4.09. The number of aryl methyl sites for hydroxylation is 1. The van der Waals surface area contributed by atoms with E-state index in [0.717, 1.165) is 14.3 Å². The predicted octanol–water partition coefficient (Wildman–Crippen LogP) is 5.18. The van der Waals surface area contributed by atoms with E-state index < -0.39 is 16.1 Å². The van der Waals surface area contributed by atoms with Gasteiger partial charge in [0.25, 0.3) is 10.0 Å². The molecule has 9 nitrogen and oxygen atoms in total. The molecule has 0 atom stereocenters. The molecule has 3 aromatic rings. The Morgan fingerprint density at radius 1 is 1.19 bits per heavy atom. The second-order valence-corrected chi connectivity index (χ2v) is 12.1. The fourth-order valence-corrected chi connectivity index (χ4v) is 6.73.